The Morgan fingerprint density at radius 2 is 2.15 bits per heavy atom. The zero-order valence-corrected chi connectivity index (χ0v) is 11.2. The van der Waals surface area contributed by atoms with Gasteiger partial charge in [-0.3, -0.25) is 0 Å². The Morgan fingerprint density at radius 3 is 3.05 bits per heavy atom. The van der Waals surface area contributed by atoms with Crippen LogP contribution >= 0.6 is 11.3 Å². The fraction of sp³-hybridized carbons (Fsp3) is 0.0714. The molecule has 0 unspecified atom stereocenters. The van der Waals surface area contributed by atoms with Crippen molar-refractivity contribution in [2.75, 3.05) is 5.32 Å². The van der Waals surface area contributed by atoms with Gasteiger partial charge in [0.2, 0.25) is 0 Å². The summed E-state index contributed by atoms with van der Waals surface area (Å²) in [6.07, 6.45) is 5.03. The number of thiophene rings is 1. The van der Waals surface area contributed by atoms with Crippen molar-refractivity contribution in [1.82, 2.24) is 15.0 Å². The maximum Gasteiger partial charge on any atom is 0.147 e. The Bertz CT molecular complexity index is 869. The summed E-state index contributed by atoms with van der Waals surface area (Å²) in [5.74, 6) is 1.69. The molecule has 4 rings (SSSR count). The van der Waals surface area contributed by atoms with Gasteiger partial charge in [0, 0.05) is 11.6 Å². The van der Waals surface area contributed by atoms with Gasteiger partial charge in [0.25, 0.3) is 0 Å². The standard InChI is InChI=1S/C14H10N4OS/c1-4-10-11-12(20-14(10)15-5-1)13(18-8-17-11)16-7-9-3-2-6-19-9/h1-6,8H,7H2,(H,16,17,18). The van der Waals surface area contributed by atoms with Gasteiger partial charge in [-0.05, 0) is 24.3 Å². The molecule has 4 aromatic heterocycles. The molecule has 98 valence electrons. The van der Waals surface area contributed by atoms with Crippen LogP contribution < -0.4 is 5.32 Å². The summed E-state index contributed by atoms with van der Waals surface area (Å²) in [5.41, 5.74) is 0.940. The van der Waals surface area contributed by atoms with E-state index in [4.69, 9.17) is 4.42 Å². The Balaban J connectivity index is 1.79. The summed E-state index contributed by atoms with van der Waals surface area (Å²) in [6, 6.07) is 7.75. The van der Waals surface area contributed by atoms with Crippen LogP contribution in [0.15, 0.2) is 47.5 Å². The molecule has 4 aromatic rings. The van der Waals surface area contributed by atoms with Gasteiger partial charge in [-0.1, -0.05) is 0 Å². The largest absolute Gasteiger partial charge is 0.467 e. The van der Waals surface area contributed by atoms with Gasteiger partial charge in [-0.25, -0.2) is 15.0 Å². The molecule has 0 bridgehead atoms. The van der Waals surface area contributed by atoms with Crippen molar-refractivity contribution in [2.45, 2.75) is 6.54 Å². The molecule has 0 aliphatic rings. The molecule has 0 aliphatic heterocycles. The zero-order chi connectivity index (χ0) is 13.4. The van der Waals surface area contributed by atoms with Gasteiger partial charge in [0.05, 0.1) is 23.0 Å². The minimum absolute atomic E-state index is 0.598. The number of hydrogen-bond acceptors (Lipinski definition) is 6. The number of rotatable bonds is 3. The number of nitrogens with zero attached hydrogens (tertiary/aromatic N) is 3. The normalized spacial score (nSPS) is 11.2. The fourth-order valence-corrected chi connectivity index (χ4v) is 3.18. The van der Waals surface area contributed by atoms with Crippen LogP contribution in [-0.4, -0.2) is 15.0 Å². The molecule has 4 heterocycles. The molecule has 0 atom stereocenters. The number of fused-ring (bicyclic) bond motifs is 3. The second kappa shape index (κ2) is 4.57. The van der Waals surface area contributed by atoms with Crippen molar-refractivity contribution in [2.24, 2.45) is 0 Å². The summed E-state index contributed by atoms with van der Waals surface area (Å²) < 4.78 is 6.33. The summed E-state index contributed by atoms with van der Waals surface area (Å²) in [4.78, 5) is 14.0. The average molecular weight is 282 g/mol. The van der Waals surface area contributed by atoms with E-state index in [-0.39, 0.29) is 0 Å². The van der Waals surface area contributed by atoms with Crippen LogP contribution in [0.3, 0.4) is 0 Å². The summed E-state index contributed by atoms with van der Waals surface area (Å²) in [7, 11) is 0. The van der Waals surface area contributed by atoms with Crippen LogP contribution in [0, 0.1) is 0 Å². The lowest BCUT2D eigenvalue weighted by Crippen LogP contribution is -2.00. The Kier molecular flexibility index (Phi) is 2.60. The van der Waals surface area contributed by atoms with Gasteiger partial charge < -0.3 is 9.73 Å². The SMILES string of the molecule is c1coc(CNc2ncnc3c2sc2ncccc23)c1. The minimum Gasteiger partial charge on any atom is -0.467 e. The maximum absolute atomic E-state index is 5.31. The number of hydrogen-bond donors (Lipinski definition) is 1. The van der Waals surface area contributed by atoms with Crippen molar-refractivity contribution >= 4 is 37.6 Å². The van der Waals surface area contributed by atoms with Crippen LogP contribution in [-0.2, 0) is 6.54 Å². The maximum atomic E-state index is 5.31. The van der Waals surface area contributed by atoms with E-state index in [1.54, 1.807) is 30.1 Å². The summed E-state index contributed by atoms with van der Waals surface area (Å²) in [6.45, 7) is 0.598. The van der Waals surface area contributed by atoms with E-state index >= 15 is 0 Å². The number of pyridine rings is 1. The van der Waals surface area contributed by atoms with Crippen molar-refractivity contribution in [3.05, 3.63) is 48.8 Å². The molecule has 6 heteroatoms. The van der Waals surface area contributed by atoms with E-state index in [0.29, 0.717) is 6.54 Å². The highest BCUT2D eigenvalue weighted by atomic mass is 32.1. The Hall–Kier alpha value is -2.47. The number of anilines is 1. The van der Waals surface area contributed by atoms with Gasteiger partial charge in [-0.15, -0.1) is 11.3 Å². The molecule has 0 saturated carbocycles. The molecule has 0 aromatic carbocycles. The average Bonchev–Trinajstić information content (AvgIpc) is 3.12. The number of aromatic nitrogens is 3. The minimum atomic E-state index is 0.598. The van der Waals surface area contributed by atoms with Crippen LogP contribution in [0.25, 0.3) is 20.4 Å². The van der Waals surface area contributed by atoms with E-state index in [9.17, 15) is 0 Å². The molecule has 0 amide bonds. The molecular formula is C14H10N4OS. The van der Waals surface area contributed by atoms with Crippen molar-refractivity contribution < 1.29 is 4.42 Å². The second-order valence-electron chi connectivity index (χ2n) is 4.29. The highest BCUT2D eigenvalue weighted by Gasteiger charge is 2.11. The monoisotopic (exact) mass is 282 g/mol. The van der Waals surface area contributed by atoms with Crippen LogP contribution in [0.2, 0.25) is 0 Å². The van der Waals surface area contributed by atoms with Gasteiger partial charge in [-0.2, -0.15) is 0 Å². The quantitative estimate of drug-likeness (QED) is 0.623. The lowest BCUT2D eigenvalue weighted by Gasteiger charge is -2.03. The molecule has 5 nitrogen and oxygen atoms in total. The Morgan fingerprint density at radius 1 is 1.15 bits per heavy atom. The van der Waals surface area contributed by atoms with Crippen LogP contribution in [0.1, 0.15) is 5.76 Å². The molecule has 0 saturated heterocycles. The van der Waals surface area contributed by atoms with Crippen molar-refractivity contribution in [1.29, 1.82) is 0 Å². The molecular weight excluding hydrogens is 272 g/mol. The third-order valence-electron chi connectivity index (χ3n) is 3.04. The molecule has 0 spiro atoms. The number of nitrogens with one attached hydrogen (secondary N) is 1. The second-order valence-corrected chi connectivity index (χ2v) is 5.29. The first kappa shape index (κ1) is 11.4. The first-order valence-electron chi connectivity index (χ1n) is 6.16. The van der Waals surface area contributed by atoms with Crippen LogP contribution in [0.4, 0.5) is 5.82 Å². The van der Waals surface area contributed by atoms with E-state index in [1.807, 2.05) is 24.3 Å². The van der Waals surface area contributed by atoms with Gasteiger partial charge in [0.15, 0.2) is 0 Å². The molecule has 20 heavy (non-hydrogen) atoms. The van der Waals surface area contributed by atoms with E-state index in [1.165, 1.54) is 0 Å². The molecule has 0 aliphatic carbocycles. The van der Waals surface area contributed by atoms with Gasteiger partial charge >= 0.3 is 0 Å². The van der Waals surface area contributed by atoms with E-state index < -0.39 is 0 Å². The third-order valence-corrected chi connectivity index (χ3v) is 4.15. The number of furan rings is 1. The summed E-state index contributed by atoms with van der Waals surface area (Å²) >= 11 is 1.60. The first-order valence-corrected chi connectivity index (χ1v) is 6.98. The molecule has 0 radical (unpaired) electrons. The highest BCUT2D eigenvalue weighted by Crippen LogP contribution is 2.34. The summed E-state index contributed by atoms with van der Waals surface area (Å²) in [5, 5.41) is 4.35. The van der Waals surface area contributed by atoms with E-state index in [0.717, 1.165) is 32.0 Å². The Labute approximate surface area is 118 Å². The predicted octanol–water partition coefficient (Wildman–Crippen LogP) is 3.44. The third kappa shape index (κ3) is 1.81. The topological polar surface area (TPSA) is 63.8 Å². The van der Waals surface area contributed by atoms with Crippen molar-refractivity contribution in [3.63, 3.8) is 0 Å². The van der Waals surface area contributed by atoms with E-state index in [2.05, 4.69) is 20.3 Å². The lowest BCUT2D eigenvalue weighted by atomic mass is 10.3. The molecule has 1 N–H and O–H groups in total. The predicted molar refractivity (Wildman–Crippen MR) is 78.8 cm³/mol. The highest BCUT2D eigenvalue weighted by molar-refractivity contribution is 7.25. The van der Waals surface area contributed by atoms with Crippen molar-refractivity contribution in [3.8, 4) is 0 Å². The first-order chi connectivity index (χ1) is 9.92. The smallest absolute Gasteiger partial charge is 0.147 e. The van der Waals surface area contributed by atoms with Gasteiger partial charge in [0.1, 0.15) is 22.7 Å². The fourth-order valence-electron chi connectivity index (χ4n) is 2.12. The van der Waals surface area contributed by atoms with Crippen LogP contribution in [0.5, 0.6) is 0 Å². The zero-order valence-electron chi connectivity index (χ0n) is 10.4. The molecule has 0 fully saturated rings. The lowest BCUT2D eigenvalue weighted by molar-refractivity contribution is 0.518.